The van der Waals surface area contributed by atoms with E-state index in [1.165, 1.54) is 6.07 Å². The maximum Gasteiger partial charge on any atom is 0.340 e. The molecule has 2 bridgehead atoms. The Bertz CT molecular complexity index is 1910. The van der Waals surface area contributed by atoms with Crippen molar-refractivity contribution in [3.05, 3.63) is 101 Å². The van der Waals surface area contributed by atoms with Crippen molar-refractivity contribution in [2.45, 2.75) is 32.1 Å². The van der Waals surface area contributed by atoms with Crippen LogP contribution in [0.15, 0.2) is 83.0 Å². The molecule has 4 aromatic rings. The number of ether oxygens (including phenoxy) is 1. The Labute approximate surface area is 253 Å². The summed E-state index contributed by atoms with van der Waals surface area (Å²) in [7, 11) is 0. The fraction of sp³-hybridized carbons (Fsp3) is 0.171. The van der Waals surface area contributed by atoms with Gasteiger partial charge in [-0.05, 0) is 66.3 Å². The second kappa shape index (κ2) is 13.0. The van der Waals surface area contributed by atoms with Crippen LogP contribution in [0.3, 0.4) is 0 Å². The lowest BCUT2D eigenvalue weighted by atomic mass is 9.85. The molecule has 0 fully saturated rings. The minimum absolute atomic E-state index is 0.0723. The molecule has 3 N–H and O–H groups in total. The van der Waals surface area contributed by atoms with E-state index < -0.39 is 34.7 Å². The molecule has 0 saturated heterocycles. The predicted octanol–water partition coefficient (Wildman–Crippen LogP) is 7.48. The Hall–Kier alpha value is -5.77. The average molecular weight is 586 g/mol. The van der Waals surface area contributed by atoms with Gasteiger partial charge >= 0.3 is 11.9 Å². The van der Waals surface area contributed by atoms with Crippen LogP contribution in [0.2, 0.25) is 0 Å². The third kappa shape index (κ3) is 5.78. The molecule has 1 unspecified atom stereocenters. The summed E-state index contributed by atoms with van der Waals surface area (Å²) in [5.41, 5.74) is 2.85. The third-order valence-electron chi connectivity index (χ3n) is 7.42. The Morgan fingerprint density at radius 2 is 1.66 bits per heavy atom. The number of aromatic carboxylic acids is 2. The molecule has 9 nitrogen and oxygen atoms in total. The fourth-order valence-electron chi connectivity index (χ4n) is 5.26. The summed E-state index contributed by atoms with van der Waals surface area (Å²) < 4.78 is 5.77. The van der Waals surface area contributed by atoms with Crippen molar-refractivity contribution in [1.82, 2.24) is 0 Å². The lowest BCUT2D eigenvalue weighted by Crippen LogP contribution is -2.11. The van der Waals surface area contributed by atoms with Crippen molar-refractivity contribution in [2.75, 3.05) is 6.61 Å². The summed E-state index contributed by atoms with van der Waals surface area (Å²) in [6, 6.07) is 22.7. The highest BCUT2D eigenvalue weighted by Crippen LogP contribution is 2.46. The van der Waals surface area contributed by atoms with E-state index in [-0.39, 0.29) is 23.3 Å². The number of carboxylic acid groups (broad SMARTS) is 2. The van der Waals surface area contributed by atoms with Crippen LogP contribution in [0, 0.1) is 23.4 Å². The van der Waals surface area contributed by atoms with Gasteiger partial charge in [0.15, 0.2) is 5.75 Å². The normalized spacial score (nSPS) is 13.3. The molecule has 218 valence electrons. The number of azo groups is 1. The number of carbonyl (C=O) groups is 2. The molecule has 5 rings (SSSR count). The van der Waals surface area contributed by atoms with Gasteiger partial charge in [0.05, 0.1) is 28.9 Å². The molecule has 0 aliphatic carbocycles. The number of nitrogens with zero attached hydrogens (tertiary/aromatic N) is 3. The lowest BCUT2D eigenvalue weighted by molar-refractivity contribution is 0.0693. The van der Waals surface area contributed by atoms with Crippen LogP contribution in [-0.4, -0.2) is 33.9 Å². The van der Waals surface area contributed by atoms with E-state index in [1.54, 1.807) is 48.5 Å². The van der Waals surface area contributed by atoms with E-state index in [2.05, 4.69) is 28.3 Å². The fourth-order valence-corrected chi connectivity index (χ4v) is 5.26. The number of aliphatic hydroxyl groups is 1. The van der Waals surface area contributed by atoms with Gasteiger partial charge in [-0.1, -0.05) is 55.3 Å². The van der Waals surface area contributed by atoms with Crippen LogP contribution in [0.5, 0.6) is 5.75 Å². The topological polar surface area (TPSA) is 153 Å². The highest BCUT2D eigenvalue weighted by Gasteiger charge is 2.31. The Morgan fingerprint density at radius 3 is 2.36 bits per heavy atom. The zero-order valence-corrected chi connectivity index (χ0v) is 23.7. The standard InChI is InChI=1S/C35H27N3O6/c1-2-21-13-14-23(20-36)26(18-21)27-19-28(34(40)41)33-32(35(42)43)31(27)25-10-4-6-12-30(25)38-37-29-11-5-3-9-24(29)22(8-7-16-39)15-17-44-33/h3-6,9-14,18-19,22,39H,2,7-8,16H2,1H3,(H,40,41)(H,42,43). The zero-order chi connectivity index (χ0) is 31.2. The van der Waals surface area contributed by atoms with Gasteiger partial charge in [-0.15, -0.1) is 5.11 Å². The van der Waals surface area contributed by atoms with E-state index in [0.717, 1.165) is 11.1 Å². The van der Waals surface area contributed by atoms with Gasteiger partial charge in [-0.2, -0.15) is 10.4 Å². The molecule has 0 radical (unpaired) electrons. The smallest absolute Gasteiger partial charge is 0.340 e. The molecule has 44 heavy (non-hydrogen) atoms. The minimum Gasteiger partial charge on any atom is -0.478 e. The first kappa shape index (κ1) is 29.7. The van der Waals surface area contributed by atoms with Gasteiger partial charge in [-0.25, -0.2) is 9.59 Å². The number of nitriles is 1. The molecule has 0 saturated carbocycles. The van der Waals surface area contributed by atoms with Crippen molar-refractivity contribution >= 4 is 23.3 Å². The SMILES string of the molecule is CCc1ccc(C#N)c(-c2cc(C(=O)O)c3c(C(=O)O)c2-c2ccccc2N=Nc2ccccc2C(CCCO)C#CO3)c1. The molecule has 1 aliphatic rings. The molecular weight excluding hydrogens is 558 g/mol. The van der Waals surface area contributed by atoms with Crippen molar-refractivity contribution in [1.29, 1.82) is 5.26 Å². The van der Waals surface area contributed by atoms with Crippen LogP contribution in [-0.2, 0) is 6.42 Å². The molecule has 1 atom stereocenters. The monoisotopic (exact) mass is 585 g/mol. The summed E-state index contributed by atoms with van der Waals surface area (Å²) >= 11 is 0. The third-order valence-corrected chi connectivity index (χ3v) is 7.42. The van der Waals surface area contributed by atoms with Crippen molar-refractivity contribution in [3.8, 4) is 46.1 Å². The molecule has 4 aromatic carbocycles. The van der Waals surface area contributed by atoms with E-state index in [1.807, 2.05) is 25.1 Å². The maximum atomic E-state index is 13.1. The minimum atomic E-state index is -1.45. The predicted molar refractivity (Wildman–Crippen MR) is 163 cm³/mol. The van der Waals surface area contributed by atoms with E-state index >= 15 is 0 Å². The Morgan fingerprint density at radius 1 is 0.932 bits per heavy atom. The van der Waals surface area contributed by atoms with E-state index in [0.29, 0.717) is 41.8 Å². The van der Waals surface area contributed by atoms with E-state index in [4.69, 9.17) is 4.74 Å². The van der Waals surface area contributed by atoms with Crippen LogP contribution in [0.25, 0.3) is 22.3 Å². The number of hydrogen-bond donors (Lipinski definition) is 3. The number of hydrogen-bond acceptors (Lipinski definition) is 7. The average Bonchev–Trinajstić information content (AvgIpc) is 3.04. The van der Waals surface area contributed by atoms with Crippen molar-refractivity contribution < 1.29 is 29.6 Å². The summed E-state index contributed by atoms with van der Waals surface area (Å²) in [4.78, 5) is 25.7. The number of aryl methyl sites for hydroxylation is 1. The van der Waals surface area contributed by atoms with Crippen LogP contribution < -0.4 is 4.74 Å². The van der Waals surface area contributed by atoms with E-state index in [9.17, 15) is 30.2 Å². The highest BCUT2D eigenvalue weighted by molar-refractivity contribution is 6.10. The summed E-state index contributed by atoms with van der Waals surface area (Å²) in [5.74, 6) is -0.828. The molecular formula is C35H27N3O6. The first-order valence-corrected chi connectivity index (χ1v) is 14.0. The molecule has 9 heteroatoms. The van der Waals surface area contributed by atoms with Gasteiger partial charge in [0.2, 0.25) is 0 Å². The van der Waals surface area contributed by atoms with Gasteiger partial charge in [0.25, 0.3) is 0 Å². The highest BCUT2D eigenvalue weighted by atomic mass is 16.5. The number of aliphatic hydroxyl groups excluding tert-OH is 1. The summed E-state index contributed by atoms with van der Waals surface area (Å²) in [6.07, 6.45) is 4.05. The molecule has 0 amide bonds. The Balaban J connectivity index is 1.94. The first-order valence-electron chi connectivity index (χ1n) is 14.0. The maximum absolute atomic E-state index is 13.1. The van der Waals surface area contributed by atoms with Crippen LogP contribution in [0.4, 0.5) is 11.4 Å². The van der Waals surface area contributed by atoms with Crippen LogP contribution >= 0.6 is 0 Å². The number of carboxylic acids is 2. The summed E-state index contributed by atoms with van der Waals surface area (Å²) in [5, 5.41) is 49.5. The number of benzene rings is 4. The van der Waals surface area contributed by atoms with Gasteiger partial charge in [-0.3, -0.25) is 0 Å². The quantitative estimate of drug-likeness (QED) is 0.190. The molecule has 1 heterocycles. The van der Waals surface area contributed by atoms with Crippen LogP contribution in [0.1, 0.15) is 63.1 Å². The number of rotatable bonds is 7. The van der Waals surface area contributed by atoms with Gasteiger partial charge < -0.3 is 20.1 Å². The second-order valence-corrected chi connectivity index (χ2v) is 10.0. The number of fused-ring (bicyclic) bond motifs is 5. The first-order chi connectivity index (χ1) is 21.4. The van der Waals surface area contributed by atoms with Crippen molar-refractivity contribution in [3.63, 3.8) is 0 Å². The zero-order valence-electron chi connectivity index (χ0n) is 23.7. The summed E-state index contributed by atoms with van der Waals surface area (Å²) in [6.45, 7) is 1.87. The Kier molecular flexibility index (Phi) is 8.80. The molecule has 0 aromatic heterocycles. The van der Waals surface area contributed by atoms with Gasteiger partial charge in [0.1, 0.15) is 17.2 Å². The molecule has 0 spiro atoms. The lowest BCUT2D eigenvalue weighted by Gasteiger charge is -2.20. The van der Waals surface area contributed by atoms with Gasteiger partial charge in [0, 0.05) is 23.3 Å². The molecule has 1 aliphatic heterocycles. The van der Waals surface area contributed by atoms with Crippen molar-refractivity contribution in [2.24, 2.45) is 10.2 Å². The largest absolute Gasteiger partial charge is 0.478 e. The second-order valence-electron chi connectivity index (χ2n) is 10.0.